The first kappa shape index (κ1) is 12.6. The summed E-state index contributed by atoms with van der Waals surface area (Å²) in [5, 5.41) is 4.25. The lowest BCUT2D eigenvalue weighted by molar-refractivity contribution is 0.327. The maximum absolute atomic E-state index is 6.18. The predicted octanol–water partition coefficient (Wildman–Crippen LogP) is 4.30. The summed E-state index contributed by atoms with van der Waals surface area (Å²) < 4.78 is 0. The van der Waals surface area contributed by atoms with Gasteiger partial charge in [-0.25, -0.2) is 0 Å². The van der Waals surface area contributed by atoms with E-state index in [2.05, 4.69) is 12.2 Å². The topological polar surface area (TPSA) is 38.0 Å². The van der Waals surface area contributed by atoms with Gasteiger partial charge in [-0.15, -0.1) is 0 Å². The number of hydrogen-bond acceptors (Lipinski definition) is 2. The van der Waals surface area contributed by atoms with Gasteiger partial charge in [0.2, 0.25) is 0 Å². The molecule has 0 aliphatic heterocycles. The molecule has 1 aromatic carbocycles. The van der Waals surface area contributed by atoms with Crippen molar-refractivity contribution in [1.82, 2.24) is 0 Å². The highest BCUT2D eigenvalue weighted by molar-refractivity contribution is 6.33. The molecule has 0 amide bonds. The summed E-state index contributed by atoms with van der Waals surface area (Å²) in [4.78, 5) is 0. The second kappa shape index (κ2) is 5.63. The van der Waals surface area contributed by atoms with Crippen molar-refractivity contribution in [1.29, 1.82) is 0 Å². The van der Waals surface area contributed by atoms with E-state index in [1.165, 1.54) is 32.1 Å². The van der Waals surface area contributed by atoms with Gasteiger partial charge in [0.25, 0.3) is 0 Å². The Bertz CT molecular complexity index is 358. The van der Waals surface area contributed by atoms with Gasteiger partial charge in [-0.1, -0.05) is 43.9 Å². The van der Waals surface area contributed by atoms with E-state index in [1.54, 1.807) is 0 Å². The van der Waals surface area contributed by atoms with Gasteiger partial charge in [0, 0.05) is 6.04 Å². The Balaban J connectivity index is 2.05. The molecule has 0 saturated heterocycles. The van der Waals surface area contributed by atoms with Gasteiger partial charge in [0.1, 0.15) is 0 Å². The van der Waals surface area contributed by atoms with Crippen LogP contribution >= 0.6 is 11.6 Å². The molecule has 0 aromatic heterocycles. The highest BCUT2D eigenvalue weighted by Gasteiger charge is 2.21. The third-order valence-corrected chi connectivity index (χ3v) is 4.07. The zero-order valence-electron chi connectivity index (χ0n) is 10.4. The Kier molecular flexibility index (Phi) is 4.16. The van der Waals surface area contributed by atoms with Crippen molar-refractivity contribution in [2.24, 2.45) is 5.92 Å². The lowest BCUT2D eigenvalue weighted by Gasteiger charge is -2.30. The van der Waals surface area contributed by atoms with E-state index in [9.17, 15) is 0 Å². The van der Waals surface area contributed by atoms with E-state index in [0.717, 1.165) is 22.3 Å². The van der Waals surface area contributed by atoms with Crippen molar-refractivity contribution in [3.8, 4) is 0 Å². The first-order valence-corrected chi connectivity index (χ1v) is 6.89. The summed E-state index contributed by atoms with van der Waals surface area (Å²) in [5.41, 5.74) is 7.62. The summed E-state index contributed by atoms with van der Waals surface area (Å²) >= 11 is 6.18. The third kappa shape index (κ3) is 3.06. The predicted molar refractivity (Wildman–Crippen MR) is 75.5 cm³/mol. The second-order valence-electron chi connectivity index (χ2n) is 4.99. The smallest absolute Gasteiger partial charge is 0.0765 e. The Labute approximate surface area is 109 Å². The van der Waals surface area contributed by atoms with E-state index in [-0.39, 0.29) is 0 Å². The number of halogens is 1. The average Bonchev–Trinajstić information content (AvgIpc) is 2.34. The number of rotatable bonds is 3. The Morgan fingerprint density at radius 3 is 2.94 bits per heavy atom. The maximum Gasteiger partial charge on any atom is 0.0765 e. The highest BCUT2D eigenvalue weighted by atomic mass is 35.5. The van der Waals surface area contributed by atoms with Crippen LogP contribution in [0.1, 0.15) is 39.0 Å². The number of nitrogens with one attached hydrogen (secondary N) is 1. The van der Waals surface area contributed by atoms with Gasteiger partial charge in [-0.05, 0) is 30.9 Å². The largest absolute Gasteiger partial charge is 0.397 e. The molecule has 2 unspecified atom stereocenters. The first-order valence-electron chi connectivity index (χ1n) is 6.51. The number of hydrogen-bond donors (Lipinski definition) is 2. The quantitative estimate of drug-likeness (QED) is 0.787. The SMILES string of the molecule is CCC1CCCC(Nc2c(N)cccc2Cl)C1. The van der Waals surface area contributed by atoms with Crippen LogP contribution in [-0.4, -0.2) is 6.04 Å². The summed E-state index contributed by atoms with van der Waals surface area (Å²) in [6, 6.07) is 6.20. The molecule has 0 radical (unpaired) electrons. The van der Waals surface area contributed by atoms with Crippen LogP contribution in [-0.2, 0) is 0 Å². The number of nitrogens with two attached hydrogens (primary N) is 1. The number of nitrogen functional groups attached to an aromatic ring is 1. The lowest BCUT2D eigenvalue weighted by atomic mass is 9.84. The summed E-state index contributed by atoms with van der Waals surface area (Å²) in [5.74, 6) is 0.852. The van der Waals surface area contributed by atoms with E-state index in [1.807, 2.05) is 18.2 Å². The van der Waals surface area contributed by atoms with Gasteiger partial charge in [0.15, 0.2) is 0 Å². The zero-order chi connectivity index (χ0) is 12.3. The standard InChI is InChI=1S/C14H21ClN2/c1-2-10-5-3-6-11(9-10)17-14-12(15)7-4-8-13(14)16/h4,7-8,10-11,17H,2-3,5-6,9,16H2,1H3. The fourth-order valence-corrected chi connectivity index (χ4v) is 2.93. The van der Waals surface area contributed by atoms with E-state index < -0.39 is 0 Å². The fourth-order valence-electron chi connectivity index (χ4n) is 2.69. The van der Waals surface area contributed by atoms with Crippen molar-refractivity contribution in [2.75, 3.05) is 11.1 Å². The second-order valence-corrected chi connectivity index (χ2v) is 5.39. The van der Waals surface area contributed by atoms with Gasteiger partial charge in [-0.3, -0.25) is 0 Å². The van der Waals surface area contributed by atoms with Crippen LogP contribution in [0.15, 0.2) is 18.2 Å². The van der Waals surface area contributed by atoms with Crippen LogP contribution < -0.4 is 11.1 Å². The molecule has 1 saturated carbocycles. The zero-order valence-corrected chi connectivity index (χ0v) is 11.1. The maximum atomic E-state index is 6.18. The van der Waals surface area contributed by atoms with Crippen LogP contribution in [0.4, 0.5) is 11.4 Å². The molecule has 3 heteroatoms. The number of anilines is 2. The number of benzene rings is 1. The molecule has 3 N–H and O–H groups in total. The molecule has 1 aliphatic rings. The Morgan fingerprint density at radius 2 is 2.24 bits per heavy atom. The van der Waals surface area contributed by atoms with Crippen molar-refractivity contribution in [2.45, 2.75) is 45.1 Å². The summed E-state index contributed by atoms with van der Waals surface area (Å²) in [6.45, 7) is 2.27. The molecule has 1 aliphatic carbocycles. The number of para-hydroxylation sites is 1. The molecule has 0 bridgehead atoms. The van der Waals surface area contributed by atoms with Crippen LogP contribution in [0.25, 0.3) is 0 Å². The molecular formula is C14H21ClN2. The normalized spacial score (nSPS) is 24.6. The molecule has 2 atom stereocenters. The van der Waals surface area contributed by atoms with Crippen molar-refractivity contribution in [3.63, 3.8) is 0 Å². The molecule has 1 aromatic rings. The minimum absolute atomic E-state index is 0.524. The van der Waals surface area contributed by atoms with Crippen LogP contribution in [0, 0.1) is 5.92 Å². The van der Waals surface area contributed by atoms with Crippen molar-refractivity contribution >= 4 is 23.0 Å². The van der Waals surface area contributed by atoms with Crippen LogP contribution in [0.3, 0.4) is 0 Å². The van der Waals surface area contributed by atoms with Crippen molar-refractivity contribution < 1.29 is 0 Å². The van der Waals surface area contributed by atoms with Gasteiger partial charge < -0.3 is 11.1 Å². The minimum atomic E-state index is 0.524. The van der Waals surface area contributed by atoms with E-state index >= 15 is 0 Å². The molecule has 0 heterocycles. The van der Waals surface area contributed by atoms with Crippen LogP contribution in [0.2, 0.25) is 5.02 Å². The van der Waals surface area contributed by atoms with Gasteiger partial charge in [-0.2, -0.15) is 0 Å². The lowest BCUT2D eigenvalue weighted by Crippen LogP contribution is -2.27. The first-order chi connectivity index (χ1) is 8.20. The Hall–Kier alpha value is -0.890. The molecule has 94 valence electrons. The molecule has 2 rings (SSSR count). The van der Waals surface area contributed by atoms with Crippen LogP contribution in [0.5, 0.6) is 0 Å². The van der Waals surface area contributed by atoms with E-state index in [0.29, 0.717) is 6.04 Å². The fraction of sp³-hybridized carbons (Fsp3) is 0.571. The third-order valence-electron chi connectivity index (χ3n) is 3.75. The van der Waals surface area contributed by atoms with Crippen molar-refractivity contribution in [3.05, 3.63) is 23.2 Å². The highest BCUT2D eigenvalue weighted by Crippen LogP contribution is 2.33. The average molecular weight is 253 g/mol. The van der Waals surface area contributed by atoms with Gasteiger partial charge in [0.05, 0.1) is 16.4 Å². The minimum Gasteiger partial charge on any atom is -0.397 e. The molecule has 2 nitrogen and oxygen atoms in total. The molecular weight excluding hydrogens is 232 g/mol. The molecule has 0 spiro atoms. The molecule has 1 fully saturated rings. The summed E-state index contributed by atoms with van der Waals surface area (Å²) in [6.07, 6.45) is 6.41. The Morgan fingerprint density at radius 1 is 1.41 bits per heavy atom. The van der Waals surface area contributed by atoms with Gasteiger partial charge >= 0.3 is 0 Å². The molecule has 17 heavy (non-hydrogen) atoms. The summed E-state index contributed by atoms with van der Waals surface area (Å²) in [7, 11) is 0. The van der Waals surface area contributed by atoms with E-state index in [4.69, 9.17) is 17.3 Å². The monoisotopic (exact) mass is 252 g/mol.